The number of ether oxygens (including phenoxy) is 1. The summed E-state index contributed by atoms with van der Waals surface area (Å²) in [6.07, 6.45) is 0. The van der Waals surface area contributed by atoms with Crippen LogP contribution in [0.1, 0.15) is 42.5 Å². The lowest BCUT2D eigenvalue weighted by atomic mass is 10.1. The Labute approximate surface area is 140 Å². The van der Waals surface area contributed by atoms with Crippen molar-refractivity contribution in [1.82, 2.24) is 4.57 Å². The smallest absolute Gasteiger partial charge is 0.202 e. The van der Waals surface area contributed by atoms with Crippen molar-refractivity contribution in [2.45, 2.75) is 40.2 Å². The van der Waals surface area contributed by atoms with E-state index in [2.05, 4.69) is 41.3 Å². The summed E-state index contributed by atoms with van der Waals surface area (Å²) in [5.41, 5.74) is 2.79. The molecular formula is C18H22BrNO2. The van der Waals surface area contributed by atoms with E-state index in [0.29, 0.717) is 5.75 Å². The number of carbonyl (C=O) groups is 1. The van der Waals surface area contributed by atoms with Crippen LogP contribution < -0.4 is 4.74 Å². The number of carbonyl (C=O) groups excluding carboxylic acids is 1. The molecule has 0 atom stereocenters. The van der Waals surface area contributed by atoms with E-state index in [1.165, 1.54) is 0 Å². The SMILES string of the molecule is Cc1cc(C(=O)COc2ccc(Br)cc2)c(C)n1C(C)(C)C. The second-order valence-corrected chi connectivity index (χ2v) is 7.37. The fraction of sp³-hybridized carbons (Fsp3) is 0.389. The van der Waals surface area contributed by atoms with E-state index in [0.717, 1.165) is 21.4 Å². The van der Waals surface area contributed by atoms with Crippen LogP contribution >= 0.6 is 15.9 Å². The number of nitrogens with zero attached hydrogens (tertiary/aromatic N) is 1. The Balaban J connectivity index is 2.15. The summed E-state index contributed by atoms with van der Waals surface area (Å²) in [6, 6.07) is 9.43. The monoisotopic (exact) mass is 363 g/mol. The van der Waals surface area contributed by atoms with E-state index < -0.39 is 0 Å². The molecule has 1 heterocycles. The summed E-state index contributed by atoms with van der Waals surface area (Å²) >= 11 is 3.38. The lowest BCUT2D eigenvalue weighted by molar-refractivity contribution is 0.0920. The molecule has 0 aliphatic heterocycles. The molecule has 4 heteroatoms. The highest BCUT2D eigenvalue weighted by Gasteiger charge is 2.22. The molecule has 0 spiro atoms. The predicted molar refractivity (Wildman–Crippen MR) is 92.9 cm³/mol. The molecule has 0 bridgehead atoms. The van der Waals surface area contributed by atoms with Gasteiger partial charge in [-0.15, -0.1) is 0 Å². The molecule has 0 aliphatic rings. The van der Waals surface area contributed by atoms with Crippen molar-refractivity contribution in [2.24, 2.45) is 0 Å². The summed E-state index contributed by atoms with van der Waals surface area (Å²) in [6.45, 7) is 10.5. The van der Waals surface area contributed by atoms with Gasteiger partial charge in [0.2, 0.25) is 5.78 Å². The Kier molecular flexibility index (Phi) is 4.81. The maximum absolute atomic E-state index is 12.5. The van der Waals surface area contributed by atoms with Crippen molar-refractivity contribution < 1.29 is 9.53 Å². The second kappa shape index (κ2) is 6.29. The number of benzene rings is 1. The highest BCUT2D eigenvalue weighted by molar-refractivity contribution is 9.10. The highest BCUT2D eigenvalue weighted by atomic mass is 79.9. The normalized spacial score (nSPS) is 11.5. The third kappa shape index (κ3) is 3.61. The molecule has 1 aromatic carbocycles. The molecule has 0 aliphatic carbocycles. The van der Waals surface area contributed by atoms with Crippen molar-refractivity contribution in [2.75, 3.05) is 6.61 Å². The van der Waals surface area contributed by atoms with Crippen LogP contribution in [-0.2, 0) is 5.54 Å². The van der Waals surface area contributed by atoms with Crippen LogP contribution in [-0.4, -0.2) is 17.0 Å². The Morgan fingerprint density at radius 2 is 1.77 bits per heavy atom. The molecule has 0 fully saturated rings. The summed E-state index contributed by atoms with van der Waals surface area (Å²) in [4.78, 5) is 12.5. The molecule has 3 nitrogen and oxygen atoms in total. The average Bonchev–Trinajstić information content (AvgIpc) is 2.72. The standard InChI is InChI=1S/C18H22BrNO2/c1-12-10-16(13(2)20(12)18(3,4)5)17(21)11-22-15-8-6-14(19)7-9-15/h6-10H,11H2,1-5H3. The fourth-order valence-electron chi connectivity index (χ4n) is 2.83. The van der Waals surface area contributed by atoms with Gasteiger partial charge < -0.3 is 9.30 Å². The first-order chi connectivity index (χ1) is 10.2. The van der Waals surface area contributed by atoms with Crippen LogP contribution in [0.3, 0.4) is 0 Å². The lowest BCUT2D eigenvalue weighted by Gasteiger charge is -2.25. The van der Waals surface area contributed by atoms with Crippen molar-refractivity contribution in [3.8, 4) is 5.75 Å². The van der Waals surface area contributed by atoms with Crippen molar-refractivity contribution in [1.29, 1.82) is 0 Å². The highest BCUT2D eigenvalue weighted by Crippen LogP contribution is 2.25. The van der Waals surface area contributed by atoms with Gasteiger partial charge >= 0.3 is 0 Å². The molecule has 0 radical (unpaired) electrons. The van der Waals surface area contributed by atoms with Gasteiger partial charge in [0, 0.05) is 27.0 Å². The zero-order chi connectivity index (χ0) is 16.5. The van der Waals surface area contributed by atoms with Gasteiger partial charge in [-0.1, -0.05) is 15.9 Å². The summed E-state index contributed by atoms with van der Waals surface area (Å²) in [7, 11) is 0. The van der Waals surface area contributed by atoms with Crippen molar-refractivity contribution >= 4 is 21.7 Å². The van der Waals surface area contributed by atoms with Gasteiger partial charge in [-0.3, -0.25) is 4.79 Å². The molecular weight excluding hydrogens is 342 g/mol. The quantitative estimate of drug-likeness (QED) is 0.724. The second-order valence-electron chi connectivity index (χ2n) is 6.46. The van der Waals surface area contributed by atoms with E-state index in [9.17, 15) is 4.79 Å². The minimum Gasteiger partial charge on any atom is -0.485 e. The molecule has 1 aromatic heterocycles. The number of halogens is 1. The lowest BCUT2D eigenvalue weighted by Crippen LogP contribution is -2.24. The number of rotatable bonds is 4. The number of aryl methyl sites for hydroxylation is 1. The van der Waals surface area contributed by atoms with E-state index in [-0.39, 0.29) is 17.9 Å². The first kappa shape index (κ1) is 16.8. The van der Waals surface area contributed by atoms with Crippen molar-refractivity contribution in [3.05, 3.63) is 51.8 Å². The number of Topliss-reactive ketones (excluding diaryl/α,β-unsaturated/α-hetero) is 1. The molecule has 0 N–H and O–H groups in total. The maximum Gasteiger partial charge on any atom is 0.202 e. The number of aromatic nitrogens is 1. The van der Waals surface area contributed by atoms with Gasteiger partial charge in [0.1, 0.15) is 5.75 Å². The average molecular weight is 364 g/mol. The van der Waals surface area contributed by atoms with E-state index in [1.54, 1.807) is 0 Å². The van der Waals surface area contributed by atoms with Crippen LogP contribution in [0, 0.1) is 13.8 Å². The molecule has 0 unspecified atom stereocenters. The molecule has 2 aromatic rings. The summed E-state index contributed by atoms with van der Waals surface area (Å²) < 4.78 is 8.77. The topological polar surface area (TPSA) is 31.2 Å². The van der Waals surface area contributed by atoms with Gasteiger partial charge in [0.15, 0.2) is 6.61 Å². The molecule has 0 saturated heterocycles. The third-order valence-electron chi connectivity index (χ3n) is 3.59. The zero-order valence-corrected chi connectivity index (χ0v) is 15.3. The molecule has 2 rings (SSSR count). The maximum atomic E-state index is 12.5. The van der Waals surface area contributed by atoms with E-state index in [1.807, 2.05) is 44.2 Å². The van der Waals surface area contributed by atoms with Crippen LogP contribution in [0.5, 0.6) is 5.75 Å². The van der Waals surface area contributed by atoms with Crippen LogP contribution in [0.25, 0.3) is 0 Å². The largest absolute Gasteiger partial charge is 0.485 e. The van der Waals surface area contributed by atoms with Gasteiger partial charge in [-0.2, -0.15) is 0 Å². The number of hydrogen-bond acceptors (Lipinski definition) is 2. The van der Waals surface area contributed by atoms with Gasteiger partial charge in [-0.05, 0) is 65.0 Å². The van der Waals surface area contributed by atoms with Crippen molar-refractivity contribution in [3.63, 3.8) is 0 Å². The predicted octanol–water partition coefficient (Wildman–Crippen LogP) is 4.88. The number of ketones is 1. The molecule has 118 valence electrons. The van der Waals surface area contributed by atoms with Crippen LogP contribution in [0.4, 0.5) is 0 Å². The summed E-state index contributed by atoms with van der Waals surface area (Å²) in [5.74, 6) is 0.702. The third-order valence-corrected chi connectivity index (χ3v) is 4.11. The first-order valence-electron chi connectivity index (χ1n) is 7.31. The fourth-order valence-corrected chi connectivity index (χ4v) is 3.10. The van der Waals surface area contributed by atoms with Crippen LogP contribution in [0.2, 0.25) is 0 Å². The molecule has 0 amide bonds. The Morgan fingerprint density at radius 3 is 2.27 bits per heavy atom. The summed E-state index contributed by atoms with van der Waals surface area (Å²) in [5, 5.41) is 0. The van der Waals surface area contributed by atoms with E-state index >= 15 is 0 Å². The Hall–Kier alpha value is -1.55. The van der Waals surface area contributed by atoms with Gasteiger partial charge in [0.05, 0.1) is 0 Å². The van der Waals surface area contributed by atoms with Gasteiger partial charge in [0.25, 0.3) is 0 Å². The van der Waals surface area contributed by atoms with Gasteiger partial charge in [-0.25, -0.2) is 0 Å². The molecule has 0 saturated carbocycles. The van der Waals surface area contributed by atoms with E-state index in [4.69, 9.17) is 4.74 Å². The zero-order valence-electron chi connectivity index (χ0n) is 13.7. The minimum atomic E-state index is -0.0424. The first-order valence-corrected chi connectivity index (χ1v) is 8.10. The Morgan fingerprint density at radius 1 is 1.18 bits per heavy atom. The number of hydrogen-bond donors (Lipinski definition) is 0. The van der Waals surface area contributed by atoms with Crippen LogP contribution in [0.15, 0.2) is 34.8 Å². The Bertz CT molecular complexity index is 678. The minimum absolute atomic E-state index is 0.00604. The molecule has 22 heavy (non-hydrogen) atoms.